The highest BCUT2D eigenvalue weighted by Crippen LogP contribution is 2.11. The first kappa shape index (κ1) is 20.6. The fourth-order valence-electron chi connectivity index (χ4n) is 2.01. The van der Waals surface area contributed by atoms with Crippen LogP contribution in [0.3, 0.4) is 0 Å². The Hall–Kier alpha value is -1.42. The van der Waals surface area contributed by atoms with Crippen LogP contribution >= 0.6 is 35.3 Å². The van der Waals surface area contributed by atoms with Crippen molar-refractivity contribution in [2.45, 2.75) is 19.9 Å². The number of aliphatic imine (C=N–C) groups is 1. The number of nitrogens with one attached hydrogen (secondary N) is 2. The number of hydrogen-bond donors (Lipinski definition) is 2. The number of nitrogens with zero attached hydrogens (tertiary/aromatic N) is 4. The van der Waals surface area contributed by atoms with Gasteiger partial charge in [-0.1, -0.05) is 6.07 Å². The molecule has 2 N–H and O–H groups in total. The van der Waals surface area contributed by atoms with Crippen molar-refractivity contribution in [1.29, 1.82) is 0 Å². The van der Waals surface area contributed by atoms with Crippen molar-refractivity contribution in [3.05, 3.63) is 40.0 Å². The lowest BCUT2D eigenvalue weighted by molar-refractivity contribution is 0.780. The lowest BCUT2D eigenvalue weighted by Crippen LogP contribution is -2.38. The molecule has 0 aliphatic carbocycles. The van der Waals surface area contributed by atoms with Gasteiger partial charge in [0.05, 0.1) is 17.2 Å². The lowest BCUT2D eigenvalue weighted by atomic mass is 10.3. The van der Waals surface area contributed by atoms with Crippen LogP contribution in [-0.4, -0.2) is 43.6 Å². The zero-order valence-electron chi connectivity index (χ0n) is 14.5. The fraction of sp³-hybridized carbons (Fsp3) is 0.438. The smallest absolute Gasteiger partial charge is 0.191 e. The molecule has 2 rings (SSSR count). The number of thiazole rings is 1. The summed E-state index contributed by atoms with van der Waals surface area (Å²) in [7, 11) is 5.74. The van der Waals surface area contributed by atoms with Gasteiger partial charge in [0.2, 0.25) is 0 Å². The van der Waals surface area contributed by atoms with Gasteiger partial charge in [-0.25, -0.2) is 9.97 Å². The Bertz CT molecular complexity index is 656. The van der Waals surface area contributed by atoms with Gasteiger partial charge in [0.1, 0.15) is 5.82 Å². The monoisotopic (exact) mass is 460 g/mol. The second kappa shape index (κ2) is 10.4. The van der Waals surface area contributed by atoms with Gasteiger partial charge < -0.3 is 15.5 Å². The number of guanidine groups is 1. The minimum atomic E-state index is 0. The Labute approximate surface area is 164 Å². The molecule has 8 heteroatoms. The van der Waals surface area contributed by atoms with Gasteiger partial charge in [-0.15, -0.1) is 35.3 Å². The number of aromatic nitrogens is 2. The van der Waals surface area contributed by atoms with E-state index in [2.05, 4.69) is 32.5 Å². The summed E-state index contributed by atoms with van der Waals surface area (Å²) in [4.78, 5) is 16.4. The molecule has 0 fully saturated rings. The lowest BCUT2D eigenvalue weighted by Gasteiger charge is -2.14. The Kier molecular flexibility index (Phi) is 8.98. The summed E-state index contributed by atoms with van der Waals surface area (Å²) < 4.78 is 0. The summed E-state index contributed by atoms with van der Waals surface area (Å²) in [5.74, 6) is 1.72. The molecule has 2 aromatic heterocycles. The molecule has 24 heavy (non-hydrogen) atoms. The molecular weight excluding hydrogens is 435 g/mol. The van der Waals surface area contributed by atoms with Gasteiger partial charge in [0, 0.05) is 45.2 Å². The zero-order chi connectivity index (χ0) is 16.7. The highest BCUT2D eigenvalue weighted by atomic mass is 127. The van der Waals surface area contributed by atoms with E-state index in [0.717, 1.165) is 35.4 Å². The first-order valence-electron chi connectivity index (χ1n) is 7.57. The number of halogens is 1. The standard InChI is InChI=1S/C16H24N6S.HI/c1-12-10-19-15(23-12)8-9-18-16(17-2)20-11-13-6-5-7-14(21-13)22(3)4;/h5-7,10H,8-9,11H2,1-4H3,(H2,17,18,20);1H. The van der Waals surface area contributed by atoms with E-state index in [1.165, 1.54) is 4.88 Å². The third-order valence-corrected chi connectivity index (χ3v) is 4.18. The second-order valence-corrected chi connectivity index (χ2v) is 6.67. The zero-order valence-corrected chi connectivity index (χ0v) is 17.7. The molecule has 0 atom stereocenters. The normalized spacial score (nSPS) is 10.9. The van der Waals surface area contributed by atoms with Crippen LogP contribution in [0.15, 0.2) is 29.4 Å². The number of hydrogen-bond acceptors (Lipinski definition) is 5. The van der Waals surface area contributed by atoms with Crippen molar-refractivity contribution in [3.63, 3.8) is 0 Å². The van der Waals surface area contributed by atoms with E-state index < -0.39 is 0 Å². The van der Waals surface area contributed by atoms with E-state index in [4.69, 9.17) is 0 Å². The largest absolute Gasteiger partial charge is 0.363 e. The van der Waals surface area contributed by atoms with Crippen LogP contribution in [-0.2, 0) is 13.0 Å². The first-order valence-corrected chi connectivity index (χ1v) is 8.39. The molecule has 0 radical (unpaired) electrons. The predicted molar refractivity (Wildman–Crippen MR) is 113 cm³/mol. The van der Waals surface area contributed by atoms with Gasteiger partial charge >= 0.3 is 0 Å². The van der Waals surface area contributed by atoms with Crippen molar-refractivity contribution in [1.82, 2.24) is 20.6 Å². The van der Waals surface area contributed by atoms with Crippen molar-refractivity contribution in [2.24, 2.45) is 4.99 Å². The average molecular weight is 460 g/mol. The second-order valence-electron chi connectivity index (χ2n) is 5.35. The van der Waals surface area contributed by atoms with Crippen LogP contribution in [0.5, 0.6) is 0 Å². The summed E-state index contributed by atoms with van der Waals surface area (Å²) >= 11 is 1.74. The molecular formula is C16H25IN6S. The molecule has 0 aromatic carbocycles. The Morgan fingerprint density at radius 1 is 1.29 bits per heavy atom. The van der Waals surface area contributed by atoms with Gasteiger partial charge in [-0.2, -0.15) is 0 Å². The highest BCUT2D eigenvalue weighted by molar-refractivity contribution is 14.0. The van der Waals surface area contributed by atoms with Crippen molar-refractivity contribution in [2.75, 3.05) is 32.6 Å². The molecule has 0 aliphatic heterocycles. The van der Waals surface area contributed by atoms with Crippen molar-refractivity contribution >= 4 is 47.1 Å². The molecule has 0 bridgehead atoms. The molecule has 132 valence electrons. The number of anilines is 1. The Morgan fingerprint density at radius 3 is 2.71 bits per heavy atom. The van der Waals surface area contributed by atoms with Gasteiger partial charge in [0.25, 0.3) is 0 Å². The molecule has 0 amide bonds. The Morgan fingerprint density at radius 2 is 2.08 bits per heavy atom. The summed E-state index contributed by atoms with van der Waals surface area (Å²) in [5, 5.41) is 7.73. The molecule has 2 heterocycles. The first-order chi connectivity index (χ1) is 11.1. The number of aryl methyl sites for hydroxylation is 1. The molecule has 0 unspecified atom stereocenters. The SMILES string of the molecule is CN=C(NCCc1ncc(C)s1)NCc1cccc(N(C)C)n1.I. The van der Waals surface area contributed by atoms with E-state index in [-0.39, 0.29) is 24.0 Å². The van der Waals surface area contributed by atoms with Gasteiger partial charge in [-0.3, -0.25) is 4.99 Å². The molecule has 0 spiro atoms. The van der Waals surface area contributed by atoms with Gasteiger partial charge in [-0.05, 0) is 19.1 Å². The fourth-order valence-corrected chi connectivity index (χ4v) is 2.80. The van der Waals surface area contributed by atoms with Gasteiger partial charge in [0.15, 0.2) is 5.96 Å². The average Bonchev–Trinajstić information content (AvgIpc) is 2.96. The predicted octanol–water partition coefficient (Wildman–Crippen LogP) is 2.44. The minimum absolute atomic E-state index is 0. The van der Waals surface area contributed by atoms with Crippen molar-refractivity contribution in [3.8, 4) is 0 Å². The Balaban J connectivity index is 0.00000288. The third kappa shape index (κ3) is 6.60. The van der Waals surface area contributed by atoms with E-state index in [1.54, 1.807) is 18.4 Å². The maximum absolute atomic E-state index is 4.58. The van der Waals surface area contributed by atoms with E-state index >= 15 is 0 Å². The van der Waals surface area contributed by atoms with Crippen LogP contribution in [0.2, 0.25) is 0 Å². The van der Waals surface area contributed by atoms with E-state index in [9.17, 15) is 0 Å². The summed E-state index contributed by atoms with van der Waals surface area (Å²) in [6.45, 7) is 3.51. The number of pyridine rings is 1. The van der Waals surface area contributed by atoms with E-state index in [1.807, 2.05) is 43.4 Å². The van der Waals surface area contributed by atoms with Crippen molar-refractivity contribution < 1.29 is 0 Å². The quantitative estimate of drug-likeness (QED) is 0.394. The maximum Gasteiger partial charge on any atom is 0.191 e. The molecule has 0 saturated carbocycles. The third-order valence-electron chi connectivity index (χ3n) is 3.21. The van der Waals surface area contributed by atoms with E-state index in [0.29, 0.717) is 6.54 Å². The van der Waals surface area contributed by atoms with Crippen LogP contribution in [0.4, 0.5) is 5.82 Å². The topological polar surface area (TPSA) is 65.4 Å². The highest BCUT2D eigenvalue weighted by Gasteiger charge is 2.03. The number of rotatable bonds is 6. The summed E-state index contributed by atoms with van der Waals surface area (Å²) in [5.41, 5.74) is 0.981. The molecule has 6 nitrogen and oxygen atoms in total. The molecule has 2 aromatic rings. The van der Waals surface area contributed by atoms with Crippen LogP contribution < -0.4 is 15.5 Å². The summed E-state index contributed by atoms with van der Waals surface area (Å²) in [6, 6.07) is 6.01. The van der Waals surface area contributed by atoms with Crippen LogP contribution in [0.1, 0.15) is 15.6 Å². The maximum atomic E-state index is 4.58. The van der Waals surface area contributed by atoms with Crippen LogP contribution in [0.25, 0.3) is 0 Å². The summed E-state index contributed by atoms with van der Waals surface area (Å²) in [6.07, 6.45) is 2.81. The molecule has 0 aliphatic rings. The molecule has 0 saturated heterocycles. The van der Waals surface area contributed by atoms with Crippen LogP contribution in [0, 0.1) is 6.92 Å². The minimum Gasteiger partial charge on any atom is -0.363 e.